The number of halogens is 3. The number of hydrogen-bond donors (Lipinski definition) is 1. The van der Waals surface area contributed by atoms with Crippen LogP contribution in [0.1, 0.15) is 24.1 Å². The molecule has 8 heteroatoms. The summed E-state index contributed by atoms with van der Waals surface area (Å²) in [6.45, 7) is 3.60. The molecule has 0 atom stereocenters. The van der Waals surface area contributed by atoms with Gasteiger partial charge in [-0.1, -0.05) is 12.1 Å². The minimum atomic E-state index is -4.36. The van der Waals surface area contributed by atoms with Crippen LogP contribution in [0.4, 0.5) is 13.2 Å². The monoisotopic (exact) mass is 366 g/mol. The topological polar surface area (TPSA) is 64.3 Å². The minimum absolute atomic E-state index is 0.193. The Labute approximate surface area is 150 Å². The van der Waals surface area contributed by atoms with Gasteiger partial charge in [0.05, 0.1) is 17.0 Å². The standard InChI is InChI=1S/C18H21F3N4O/c19-18(20,21)14-5-3-13(4-6-14)16-11-15(12-22)23-17(24-16)26-10-9-25-7-1-2-8-25/h3-6,11H,1-2,7-10,12,22H2. The molecule has 5 nitrogen and oxygen atoms in total. The lowest BCUT2D eigenvalue weighted by Gasteiger charge is -2.15. The number of hydrogen-bond acceptors (Lipinski definition) is 5. The summed E-state index contributed by atoms with van der Waals surface area (Å²) in [7, 11) is 0. The number of alkyl halides is 3. The van der Waals surface area contributed by atoms with E-state index >= 15 is 0 Å². The van der Waals surface area contributed by atoms with Crippen LogP contribution in [0.3, 0.4) is 0 Å². The molecule has 0 unspecified atom stereocenters. The second-order valence-corrected chi connectivity index (χ2v) is 6.20. The first kappa shape index (κ1) is 18.6. The van der Waals surface area contributed by atoms with Gasteiger partial charge in [0.15, 0.2) is 0 Å². The van der Waals surface area contributed by atoms with E-state index in [0.29, 0.717) is 23.6 Å². The van der Waals surface area contributed by atoms with E-state index in [1.54, 1.807) is 6.07 Å². The molecule has 3 rings (SSSR count). The molecule has 1 aliphatic rings. The number of benzene rings is 1. The van der Waals surface area contributed by atoms with Gasteiger partial charge in [0, 0.05) is 18.7 Å². The zero-order chi connectivity index (χ0) is 18.6. The fraction of sp³-hybridized carbons (Fsp3) is 0.444. The SMILES string of the molecule is NCc1cc(-c2ccc(C(F)(F)F)cc2)nc(OCCN2CCCC2)n1. The van der Waals surface area contributed by atoms with Crippen LogP contribution in [0.2, 0.25) is 0 Å². The van der Waals surface area contributed by atoms with E-state index in [9.17, 15) is 13.2 Å². The Balaban J connectivity index is 1.74. The first-order chi connectivity index (χ1) is 12.5. The Morgan fingerprint density at radius 3 is 2.38 bits per heavy atom. The summed E-state index contributed by atoms with van der Waals surface area (Å²) in [5, 5.41) is 0. The van der Waals surface area contributed by atoms with E-state index < -0.39 is 11.7 Å². The van der Waals surface area contributed by atoms with E-state index in [0.717, 1.165) is 31.8 Å². The third-order valence-corrected chi connectivity index (χ3v) is 4.31. The van der Waals surface area contributed by atoms with Crippen LogP contribution in [0.25, 0.3) is 11.3 Å². The quantitative estimate of drug-likeness (QED) is 0.851. The summed E-state index contributed by atoms with van der Waals surface area (Å²) in [4.78, 5) is 10.9. The highest BCUT2D eigenvalue weighted by molar-refractivity contribution is 5.60. The predicted octanol–water partition coefficient (Wildman–Crippen LogP) is 3.10. The molecular weight excluding hydrogens is 345 g/mol. The maximum atomic E-state index is 12.7. The first-order valence-electron chi connectivity index (χ1n) is 8.56. The Morgan fingerprint density at radius 1 is 1.08 bits per heavy atom. The largest absolute Gasteiger partial charge is 0.462 e. The molecule has 140 valence electrons. The van der Waals surface area contributed by atoms with Crippen LogP contribution < -0.4 is 10.5 Å². The third kappa shape index (κ3) is 4.70. The van der Waals surface area contributed by atoms with Crippen molar-refractivity contribution in [2.75, 3.05) is 26.2 Å². The minimum Gasteiger partial charge on any atom is -0.462 e. The highest BCUT2D eigenvalue weighted by Crippen LogP contribution is 2.31. The summed E-state index contributed by atoms with van der Waals surface area (Å²) < 4.78 is 43.8. The van der Waals surface area contributed by atoms with Crippen LogP contribution in [0, 0.1) is 0 Å². The average Bonchev–Trinajstić information content (AvgIpc) is 3.14. The van der Waals surface area contributed by atoms with Crippen LogP contribution in [-0.2, 0) is 12.7 Å². The molecule has 0 amide bonds. The zero-order valence-electron chi connectivity index (χ0n) is 14.3. The van der Waals surface area contributed by atoms with Gasteiger partial charge in [-0.2, -0.15) is 23.1 Å². The molecular formula is C18H21F3N4O. The lowest BCUT2D eigenvalue weighted by atomic mass is 10.1. The molecule has 0 radical (unpaired) electrons. The first-order valence-corrected chi connectivity index (χ1v) is 8.56. The maximum absolute atomic E-state index is 12.7. The molecule has 1 saturated heterocycles. The predicted molar refractivity (Wildman–Crippen MR) is 91.5 cm³/mol. The number of nitrogens with zero attached hydrogens (tertiary/aromatic N) is 3. The van der Waals surface area contributed by atoms with Crippen molar-refractivity contribution in [1.29, 1.82) is 0 Å². The molecule has 2 heterocycles. The fourth-order valence-corrected chi connectivity index (χ4v) is 2.89. The number of rotatable bonds is 6. The van der Waals surface area contributed by atoms with Crippen molar-refractivity contribution in [2.45, 2.75) is 25.6 Å². The van der Waals surface area contributed by atoms with Gasteiger partial charge in [0.1, 0.15) is 6.61 Å². The van der Waals surface area contributed by atoms with Crippen molar-refractivity contribution in [1.82, 2.24) is 14.9 Å². The lowest BCUT2D eigenvalue weighted by molar-refractivity contribution is -0.137. The molecule has 1 aromatic carbocycles. The van der Waals surface area contributed by atoms with Crippen molar-refractivity contribution < 1.29 is 17.9 Å². The van der Waals surface area contributed by atoms with Gasteiger partial charge in [0.2, 0.25) is 0 Å². The van der Waals surface area contributed by atoms with Gasteiger partial charge in [-0.3, -0.25) is 4.90 Å². The van der Waals surface area contributed by atoms with Crippen molar-refractivity contribution >= 4 is 0 Å². The summed E-state index contributed by atoms with van der Waals surface area (Å²) >= 11 is 0. The van der Waals surface area contributed by atoms with Crippen LogP contribution in [-0.4, -0.2) is 41.1 Å². The normalized spacial score (nSPS) is 15.4. The Kier molecular flexibility index (Phi) is 5.73. The van der Waals surface area contributed by atoms with Crippen LogP contribution in [0.5, 0.6) is 6.01 Å². The van der Waals surface area contributed by atoms with E-state index in [1.165, 1.54) is 25.0 Å². The Bertz CT molecular complexity index is 728. The Morgan fingerprint density at radius 2 is 1.77 bits per heavy atom. The van der Waals surface area contributed by atoms with E-state index in [-0.39, 0.29) is 12.6 Å². The molecule has 0 saturated carbocycles. The van der Waals surface area contributed by atoms with Crippen LogP contribution in [0.15, 0.2) is 30.3 Å². The van der Waals surface area contributed by atoms with E-state index in [4.69, 9.17) is 10.5 Å². The number of ether oxygens (including phenoxy) is 1. The van der Waals surface area contributed by atoms with E-state index in [2.05, 4.69) is 14.9 Å². The van der Waals surface area contributed by atoms with Crippen LogP contribution >= 0.6 is 0 Å². The second-order valence-electron chi connectivity index (χ2n) is 6.20. The lowest BCUT2D eigenvalue weighted by Crippen LogP contribution is -2.25. The number of nitrogens with two attached hydrogens (primary N) is 1. The fourth-order valence-electron chi connectivity index (χ4n) is 2.89. The van der Waals surface area contributed by atoms with Gasteiger partial charge in [0.25, 0.3) is 0 Å². The summed E-state index contributed by atoms with van der Waals surface area (Å²) in [6, 6.07) is 6.71. The smallest absolute Gasteiger partial charge is 0.416 e. The molecule has 1 aliphatic heterocycles. The van der Waals surface area contributed by atoms with Gasteiger partial charge < -0.3 is 10.5 Å². The van der Waals surface area contributed by atoms with Crippen molar-refractivity contribution in [3.63, 3.8) is 0 Å². The highest BCUT2D eigenvalue weighted by atomic mass is 19.4. The van der Waals surface area contributed by atoms with Crippen molar-refractivity contribution in [3.05, 3.63) is 41.6 Å². The Hall–Kier alpha value is -2.19. The molecule has 0 aliphatic carbocycles. The summed E-state index contributed by atoms with van der Waals surface area (Å²) in [5.74, 6) is 0. The molecule has 2 aromatic rings. The van der Waals surface area contributed by atoms with Crippen molar-refractivity contribution in [3.8, 4) is 17.3 Å². The number of aromatic nitrogens is 2. The van der Waals surface area contributed by atoms with E-state index in [1.807, 2.05) is 0 Å². The summed E-state index contributed by atoms with van der Waals surface area (Å²) in [5.41, 5.74) is 6.60. The second kappa shape index (κ2) is 8.01. The van der Waals surface area contributed by atoms with Gasteiger partial charge in [-0.15, -0.1) is 0 Å². The molecule has 2 N–H and O–H groups in total. The van der Waals surface area contributed by atoms with Gasteiger partial charge in [-0.05, 0) is 44.1 Å². The third-order valence-electron chi connectivity index (χ3n) is 4.31. The molecule has 1 fully saturated rings. The average molecular weight is 366 g/mol. The van der Waals surface area contributed by atoms with Gasteiger partial charge in [-0.25, -0.2) is 0 Å². The maximum Gasteiger partial charge on any atom is 0.416 e. The summed E-state index contributed by atoms with van der Waals surface area (Å²) in [6.07, 6.45) is -1.95. The molecule has 26 heavy (non-hydrogen) atoms. The van der Waals surface area contributed by atoms with Crippen molar-refractivity contribution in [2.24, 2.45) is 5.73 Å². The zero-order valence-corrected chi connectivity index (χ0v) is 14.3. The highest BCUT2D eigenvalue weighted by Gasteiger charge is 2.30. The number of likely N-dealkylation sites (tertiary alicyclic amines) is 1. The molecule has 0 bridgehead atoms. The molecule has 0 spiro atoms. The molecule has 1 aromatic heterocycles. The van der Waals surface area contributed by atoms with Gasteiger partial charge >= 0.3 is 12.2 Å².